The van der Waals surface area contributed by atoms with Crippen molar-refractivity contribution < 1.29 is 9.18 Å². The predicted octanol–water partition coefficient (Wildman–Crippen LogP) is 6.00. The summed E-state index contributed by atoms with van der Waals surface area (Å²) in [6.07, 6.45) is 0. The molecule has 0 aliphatic rings. The van der Waals surface area contributed by atoms with Crippen molar-refractivity contribution in [1.29, 1.82) is 0 Å². The van der Waals surface area contributed by atoms with Crippen LogP contribution >= 0.6 is 23.1 Å². The Morgan fingerprint density at radius 1 is 1.06 bits per heavy atom. The van der Waals surface area contributed by atoms with Gasteiger partial charge in [-0.05, 0) is 61.9 Å². The van der Waals surface area contributed by atoms with E-state index in [1.165, 1.54) is 35.2 Å². The minimum Gasteiger partial charge on any atom is -0.301 e. The van der Waals surface area contributed by atoms with Crippen molar-refractivity contribution in [2.75, 3.05) is 11.1 Å². The molecule has 1 N–H and O–H groups in total. The van der Waals surface area contributed by atoms with Gasteiger partial charge in [-0.2, -0.15) is 0 Å². The maximum atomic E-state index is 13.5. The Hall–Kier alpha value is -3.82. The number of aryl methyl sites for hydroxylation is 2. The van der Waals surface area contributed by atoms with E-state index in [-0.39, 0.29) is 23.0 Å². The van der Waals surface area contributed by atoms with Gasteiger partial charge >= 0.3 is 0 Å². The standard InChI is InChI=1S/C27H21FN4O2S2/c1-16-7-12-23(17(2)13-16)32-25(34)20-5-3-4-6-21(20)30-27(32)36-15-24(33)31-26-29-22(14-35-26)18-8-10-19(28)11-9-18/h3-14H,15H2,1-2H3,(H,29,31,33). The fourth-order valence-corrected chi connectivity index (χ4v) is 5.39. The van der Waals surface area contributed by atoms with Crippen LogP contribution in [-0.4, -0.2) is 26.2 Å². The minimum absolute atomic E-state index is 0.0428. The molecule has 0 spiro atoms. The third kappa shape index (κ3) is 4.93. The lowest BCUT2D eigenvalue weighted by Gasteiger charge is -2.15. The van der Waals surface area contributed by atoms with Crippen LogP contribution < -0.4 is 10.9 Å². The zero-order valence-corrected chi connectivity index (χ0v) is 21.1. The number of carbonyl (C=O) groups excluding carboxylic acids is 1. The van der Waals surface area contributed by atoms with E-state index >= 15 is 0 Å². The third-order valence-corrected chi connectivity index (χ3v) is 7.26. The van der Waals surface area contributed by atoms with E-state index in [0.717, 1.165) is 22.4 Å². The molecule has 5 rings (SSSR count). The fourth-order valence-electron chi connectivity index (χ4n) is 3.85. The molecule has 0 radical (unpaired) electrons. The van der Waals surface area contributed by atoms with Crippen molar-refractivity contribution in [3.8, 4) is 16.9 Å². The van der Waals surface area contributed by atoms with Gasteiger partial charge in [0.1, 0.15) is 5.82 Å². The molecule has 2 aromatic heterocycles. The van der Waals surface area contributed by atoms with Gasteiger partial charge in [-0.3, -0.25) is 14.2 Å². The highest BCUT2D eigenvalue weighted by Crippen LogP contribution is 2.27. The molecule has 36 heavy (non-hydrogen) atoms. The molecule has 0 aliphatic carbocycles. The van der Waals surface area contributed by atoms with Crippen molar-refractivity contribution in [3.63, 3.8) is 0 Å². The van der Waals surface area contributed by atoms with E-state index in [4.69, 9.17) is 4.98 Å². The molecular weight excluding hydrogens is 495 g/mol. The maximum absolute atomic E-state index is 13.5. The average molecular weight is 517 g/mol. The Labute approximate surface area is 214 Å². The number of fused-ring (bicyclic) bond motifs is 1. The van der Waals surface area contributed by atoms with Gasteiger partial charge in [0.05, 0.1) is 28.0 Å². The number of nitrogens with zero attached hydrogens (tertiary/aromatic N) is 3. The largest absolute Gasteiger partial charge is 0.301 e. The lowest BCUT2D eigenvalue weighted by molar-refractivity contribution is -0.113. The molecule has 5 aromatic rings. The number of benzene rings is 3. The van der Waals surface area contributed by atoms with Crippen LogP contribution in [0, 0.1) is 19.7 Å². The topological polar surface area (TPSA) is 76.9 Å². The van der Waals surface area contributed by atoms with Gasteiger partial charge in [0.2, 0.25) is 5.91 Å². The van der Waals surface area contributed by atoms with Crippen LogP contribution in [0.15, 0.2) is 82.1 Å². The number of thiazole rings is 1. The van der Waals surface area contributed by atoms with E-state index < -0.39 is 0 Å². The summed E-state index contributed by atoms with van der Waals surface area (Å²) in [4.78, 5) is 35.3. The molecule has 0 aliphatic heterocycles. The van der Waals surface area contributed by atoms with Gasteiger partial charge in [-0.1, -0.05) is 41.6 Å². The van der Waals surface area contributed by atoms with Crippen LogP contribution in [0.5, 0.6) is 0 Å². The number of para-hydroxylation sites is 1. The van der Waals surface area contributed by atoms with Crippen LogP contribution in [0.2, 0.25) is 0 Å². The van der Waals surface area contributed by atoms with Crippen LogP contribution in [0.4, 0.5) is 9.52 Å². The van der Waals surface area contributed by atoms with Gasteiger partial charge in [0.15, 0.2) is 10.3 Å². The summed E-state index contributed by atoms with van der Waals surface area (Å²) in [6, 6.07) is 19.1. The Balaban J connectivity index is 1.40. The highest BCUT2D eigenvalue weighted by Gasteiger charge is 2.17. The number of nitrogens with one attached hydrogen (secondary N) is 1. The zero-order valence-electron chi connectivity index (χ0n) is 19.5. The molecule has 0 bridgehead atoms. The number of hydrogen-bond acceptors (Lipinski definition) is 6. The van der Waals surface area contributed by atoms with Gasteiger partial charge in [0.25, 0.3) is 5.56 Å². The normalized spacial score (nSPS) is 11.1. The first-order valence-corrected chi connectivity index (χ1v) is 13.0. The number of aromatic nitrogens is 3. The van der Waals surface area contributed by atoms with E-state index in [0.29, 0.717) is 26.9 Å². The molecule has 6 nitrogen and oxygen atoms in total. The molecule has 0 saturated carbocycles. The van der Waals surface area contributed by atoms with Crippen LogP contribution in [0.3, 0.4) is 0 Å². The van der Waals surface area contributed by atoms with Crippen LogP contribution in [0.1, 0.15) is 11.1 Å². The minimum atomic E-state index is -0.318. The molecule has 180 valence electrons. The number of carbonyl (C=O) groups is 1. The fraction of sp³-hybridized carbons (Fsp3) is 0.111. The first-order valence-electron chi connectivity index (χ1n) is 11.1. The molecule has 1 amide bonds. The van der Waals surface area contributed by atoms with Crippen LogP contribution in [-0.2, 0) is 4.79 Å². The smallest absolute Gasteiger partial charge is 0.266 e. The summed E-state index contributed by atoms with van der Waals surface area (Å²) in [5, 5.41) is 6.00. The summed E-state index contributed by atoms with van der Waals surface area (Å²) in [5.41, 5.74) is 4.58. The maximum Gasteiger partial charge on any atom is 0.266 e. The van der Waals surface area contributed by atoms with Crippen LogP contribution in [0.25, 0.3) is 27.8 Å². The third-order valence-electron chi connectivity index (χ3n) is 5.56. The monoisotopic (exact) mass is 516 g/mol. The molecule has 0 fully saturated rings. The lowest BCUT2D eigenvalue weighted by atomic mass is 10.1. The number of rotatable bonds is 6. The second-order valence-electron chi connectivity index (χ2n) is 8.22. The SMILES string of the molecule is Cc1ccc(-n2c(SCC(=O)Nc3nc(-c4ccc(F)cc4)cs3)nc3ccccc3c2=O)c(C)c1. The summed E-state index contributed by atoms with van der Waals surface area (Å²) in [7, 11) is 0. The summed E-state index contributed by atoms with van der Waals surface area (Å²) in [6.45, 7) is 3.95. The first kappa shape index (κ1) is 23.9. The van der Waals surface area contributed by atoms with Gasteiger partial charge in [-0.25, -0.2) is 14.4 Å². The number of anilines is 1. The molecular formula is C27H21FN4O2S2. The summed E-state index contributed by atoms with van der Waals surface area (Å²) >= 11 is 2.48. The molecule has 0 atom stereocenters. The quantitative estimate of drug-likeness (QED) is 0.221. The van der Waals surface area contributed by atoms with E-state index in [2.05, 4.69) is 10.3 Å². The van der Waals surface area contributed by atoms with Gasteiger partial charge in [0, 0.05) is 10.9 Å². The highest BCUT2D eigenvalue weighted by molar-refractivity contribution is 7.99. The summed E-state index contributed by atoms with van der Waals surface area (Å²) < 4.78 is 14.8. The Kier molecular flexibility index (Phi) is 6.67. The van der Waals surface area contributed by atoms with E-state index in [1.807, 2.05) is 44.2 Å². The van der Waals surface area contributed by atoms with E-state index in [9.17, 15) is 14.0 Å². The van der Waals surface area contributed by atoms with Crippen molar-refractivity contribution in [1.82, 2.24) is 14.5 Å². The van der Waals surface area contributed by atoms with Crippen molar-refractivity contribution in [3.05, 3.63) is 99.4 Å². The Bertz CT molecular complexity index is 1640. The van der Waals surface area contributed by atoms with E-state index in [1.54, 1.807) is 34.2 Å². The summed E-state index contributed by atoms with van der Waals surface area (Å²) in [5.74, 6) is -0.544. The highest BCUT2D eigenvalue weighted by atomic mass is 32.2. The second-order valence-corrected chi connectivity index (χ2v) is 10.0. The molecule has 0 unspecified atom stereocenters. The molecule has 0 saturated heterocycles. The second kappa shape index (κ2) is 10.0. The number of thioether (sulfide) groups is 1. The lowest BCUT2D eigenvalue weighted by Crippen LogP contribution is -2.23. The number of hydrogen-bond donors (Lipinski definition) is 1. The Morgan fingerprint density at radius 2 is 1.83 bits per heavy atom. The zero-order chi connectivity index (χ0) is 25.2. The number of amides is 1. The number of halogens is 1. The van der Waals surface area contributed by atoms with Crippen molar-refractivity contribution in [2.45, 2.75) is 19.0 Å². The van der Waals surface area contributed by atoms with Gasteiger partial charge < -0.3 is 5.32 Å². The molecule has 9 heteroatoms. The Morgan fingerprint density at radius 3 is 2.61 bits per heavy atom. The van der Waals surface area contributed by atoms with Crippen molar-refractivity contribution in [2.24, 2.45) is 0 Å². The van der Waals surface area contributed by atoms with Gasteiger partial charge in [-0.15, -0.1) is 11.3 Å². The van der Waals surface area contributed by atoms with Crippen molar-refractivity contribution >= 4 is 45.0 Å². The molecule has 3 aromatic carbocycles. The average Bonchev–Trinajstić information content (AvgIpc) is 3.32. The molecule has 2 heterocycles. The predicted molar refractivity (Wildman–Crippen MR) is 144 cm³/mol. The first-order chi connectivity index (χ1) is 17.4.